The second-order valence-corrected chi connectivity index (χ2v) is 4.70. The monoisotopic (exact) mass is 227 g/mol. The Kier molecular flexibility index (Phi) is 4.29. The van der Waals surface area contributed by atoms with Crippen molar-refractivity contribution in [3.63, 3.8) is 0 Å². The molecule has 0 bridgehead atoms. The van der Waals surface area contributed by atoms with E-state index in [0.717, 1.165) is 12.8 Å². The summed E-state index contributed by atoms with van der Waals surface area (Å²) in [4.78, 5) is 22.6. The fraction of sp³-hybridized carbons (Fsp3) is 0.818. The van der Waals surface area contributed by atoms with Crippen LogP contribution < -0.4 is 16.0 Å². The third kappa shape index (κ3) is 3.48. The molecule has 1 unspecified atom stereocenters. The number of amides is 3. The molecule has 1 fully saturated rings. The molecule has 1 aliphatic carbocycles. The van der Waals surface area contributed by atoms with Gasteiger partial charge in [-0.2, -0.15) is 0 Å². The summed E-state index contributed by atoms with van der Waals surface area (Å²) >= 11 is 0. The Morgan fingerprint density at radius 1 is 1.25 bits per heavy atom. The van der Waals surface area contributed by atoms with Gasteiger partial charge in [-0.1, -0.05) is 12.8 Å². The van der Waals surface area contributed by atoms with Crippen molar-refractivity contribution in [2.24, 2.45) is 0 Å². The number of hydrogen-bond donors (Lipinski definition) is 3. The molecule has 0 radical (unpaired) electrons. The van der Waals surface area contributed by atoms with E-state index >= 15 is 0 Å². The highest BCUT2D eigenvalue weighted by Gasteiger charge is 2.31. The molecule has 0 heterocycles. The highest BCUT2D eigenvalue weighted by atomic mass is 16.2. The van der Waals surface area contributed by atoms with Gasteiger partial charge in [0.25, 0.3) is 0 Å². The van der Waals surface area contributed by atoms with Gasteiger partial charge in [-0.15, -0.1) is 0 Å². The zero-order chi connectivity index (χ0) is 12.2. The highest BCUT2D eigenvalue weighted by Crippen LogP contribution is 2.29. The third-order valence-electron chi connectivity index (χ3n) is 3.13. The minimum Gasteiger partial charge on any atom is -0.341 e. The Morgan fingerprint density at radius 3 is 2.31 bits per heavy atom. The molecule has 1 saturated carbocycles. The molecule has 3 amide bonds. The summed E-state index contributed by atoms with van der Waals surface area (Å²) in [6.45, 7) is 3.91. The molecule has 0 aromatic rings. The van der Waals surface area contributed by atoms with Crippen LogP contribution in [0, 0.1) is 0 Å². The van der Waals surface area contributed by atoms with Crippen LogP contribution in [0.5, 0.6) is 0 Å². The molecule has 0 spiro atoms. The molecule has 16 heavy (non-hydrogen) atoms. The number of carbonyl (C=O) groups excluding carboxylic acids is 2. The number of rotatable bonds is 3. The maximum absolute atomic E-state index is 11.6. The molecule has 5 heteroatoms. The fourth-order valence-electron chi connectivity index (χ4n) is 2.17. The maximum Gasteiger partial charge on any atom is 0.321 e. The van der Waals surface area contributed by atoms with Gasteiger partial charge in [-0.3, -0.25) is 10.1 Å². The topological polar surface area (TPSA) is 70.2 Å². The molecule has 92 valence electrons. The van der Waals surface area contributed by atoms with Crippen molar-refractivity contribution in [3.05, 3.63) is 0 Å². The maximum atomic E-state index is 11.6. The Labute approximate surface area is 96.4 Å². The first-order valence-electron chi connectivity index (χ1n) is 5.77. The standard InChI is InChI=1S/C11H21N3O2/c1-8(9(15)13-10(16)12-3)14-11(2)6-4-5-7-11/h8,14H,4-7H2,1-3H3,(H2,12,13,15,16). The molecular formula is C11H21N3O2. The summed E-state index contributed by atoms with van der Waals surface area (Å²) < 4.78 is 0. The molecule has 0 aliphatic heterocycles. The minimum absolute atomic E-state index is 0.0411. The summed E-state index contributed by atoms with van der Waals surface area (Å²) in [7, 11) is 1.49. The van der Waals surface area contributed by atoms with Crippen LogP contribution in [0.15, 0.2) is 0 Å². The van der Waals surface area contributed by atoms with Crippen molar-refractivity contribution in [1.82, 2.24) is 16.0 Å². The highest BCUT2D eigenvalue weighted by molar-refractivity contribution is 5.96. The summed E-state index contributed by atoms with van der Waals surface area (Å²) in [6.07, 6.45) is 4.58. The van der Waals surface area contributed by atoms with Crippen LogP contribution in [-0.4, -0.2) is 30.6 Å². The lowest BCUT2D eigenvalue weighted by Gasteiger charge is -2.28. The quantitative estimate of drug-likeness (QED) is 0.666. The van der Waals surface area contributed by atoms with Gasteiger partial charge in [0, 0.05) is 12.6 Å². The second kappa shape index (κ2) is 5.30. The molecule has 0 aromatic carbocycles. The summed E-state index contributed by atoms with van der Waals surface area (Å²) in [6, 6.07) is -0.810. The van der Waals surface area contributed by atoms with Gasteiger partial charge in [-0.05, 0) is 26.7 Å². The average Bonchev–Trinajstić information content (AvgIpc) is 2.64. The van der Waals surface area contributed by atoms with E-state index in [2.05, 4.69) is 22.9 Å². The van der Waals surface area contributed by atoms with Crippen LogP contribution in [0.1, 0.15) is 39.5 Å². The van der Waals surface area contributed by atoms with E-state index in [1.807, 2.05) is 0 Å². The van der Waals surface area contributed by atoms with Crippen molar-refractivity contribution >= 4 is 11.9 Å². The van der Waals surface area contributed by atoms with Crippen LogP contribution in [0.25, 0.3) is 0 Å². The Bertz CT molecular complexity index is 272. The Balaban J connectivity index is 2.42. The van der Waals surface area contributed by atoms with Crippen molar-refractivity contribution in [2.75, 3.05) is 7.05 Å². The molecule has 3 N–H and O–H groups in total. The van der Waals surface area contributed by atoms with Crippen LogP contribution >= 0.6 is 0 Å². The van der Waals surface area contributed by atoms with Crippen LogP contribution in [0.2, 0.25) is 0 Å². The number of carbonyl (C=O) groups is 2. The van der Waals surface area contributed by atoms with Gasteiger partial charge in [0.15, 0.2) is 0 Å². The second-order valence-electron chi connectivity index (χ2n) is 4.70. The fourth-order valence-corrected chi connectivity index (χ4v) is 2.17. The minimum atomic E-state index is -0.463. The van der Waals surface area contributed by atoms with E-state index in [-0.39, 0.29) is 17.5 Å². The Hall–Kier alpha value is -1.10. The van der Waals surface area contributed by atoms with E-state index in [0.29, 0.717) is 0 Å². The van der Waals surface area contributed by atoms with Crippen molar-refractivity contribution in [2.45, 2.75) is 51.1 Å². The number of nitrogens with one attached hydrogen (secondary N) is 3. The largest absolute Gasteiger partial charge is 0.341 e. The van der Waals surface area contributed by atoms with Crippen molar-refractivity contribution < 1.29 is 9.59 Å². The van der Waals surface area contributed by atoms with E-state index in [4.69, 9.17) is 0 Å². The molecular weight excluding hydrogens is 206 g/mol. The first kappa shape index (κ1) is 13.0. The number of imide groups is 1. The van der Waals surface area contributed by atoms with E-state index in [1.165, 1.54) is 19.9 Å². The lowest BCUT2D eigenvalue weighted by Crippen LogP contribution is -2.53. The smallest absolute Gasteiger partial charge is 0.321 e. The van der Waals surface area contributed by atoms with Crippen LogP contribution in [0.3, 0.4) is 0 Å². The Morgan fingerprint density at radius 2 is 1.81 bits per heavy atom. The van der Waals surface area contributed by atoms with Gasteiger partial charge in [0.05, 0.1) is 6.04 Å². The van der Waals surface area contributed by atoms with E-state index < -0.39 is 6.03 Å². The predicted molar refractivity (Wildman–Crippen MR) is 62.1 cm³/mol. The third-order valence-corrected chi connectivity index (χ3v) is 3.13. The molecule has 1 aliphatic rings. The van der Waals surface area contributed by atoms with Crippen LogP contribution in [0.4, 0.5) is 4.79 Å². The first-order valence-corrected chi connectivity index (χ1v) is 5.77. The molecule has 5 nitrogen and oxygen atoms in total. The van der Waals surface area contributed by atoms with Crippen molar-refractivity contribution in [3.8, 4) is 0 Å². The molecule has 0 saturated heterocycles. The van der Waals surface area contributed by atoms with Gasteiger partial charge in [0.2, 0.25) is 5.91 Å². The number of hydrogen-bond acceptors (Lipinski definition) is 3. The zero-order valence-electron chi connectivity index (χ0n) is 10.2. The average molecular weight is 227 g/mol. The zero-order valence-corrected chi connectivity index (χ0v) is 10.2. The predicted octanol–water partition coefficient (Wildman–Crippen LogP) is 0.753. The SMILES string of the molecule is CNC(=O)NC(=O)C(C)NC1(C)CCCC1. The van der Waals surface area contributed by atoms with Gasteiger partial charge < -0.3 is 10.6 Å². The summed E-state index contributed by atoms with van der Waals surface area (Å²) in [5, 5.41) is 7.92. The molecule has 0 aromatic heterocycles. The van der Waals surface area contributed by atoms with Gasteiger partial charge in [-0.25, -0.2) is 4.79 Å². The van der Waals surface area contributed by atoms with Gasteiger partial charge >= 0.3 is 6.03 Å². The first-order chi connectivity index (χ1) is 7.47. The molecule has 1 rings (SSSR count). The summed E-state index contributed by atoms with van der Waals surface area (Å²) in [5.41, 5.74) is 0.0411. The summed E-state index contributed by atoms with van der Waals surface area (Å²) in [5.74, 6) is -0.285. The van der Waals surface area contributed by atoms with Crippen LogP contribution in [-0.2, 0) is 4.79 Å². The number of urea groups is 1. The molecule has 1 atom stereocenters. The normalized spacial score (nSPS) is 20.2. The van der Waals surface area contributed by atoms with Gasteiger partial charge in [0.1, 0.15) is 0 Å². The lowest BCUT2D eigenvalue weighted by atomic mass is 9.99. The van der Waals surface area contributed by atoms with E-state index in [9.17, 15) is 9.59 Å². The van der Waals surface area contributed by atoms with E-state index in [1.54, 1.807) is 6.92 Å². The van der Waals surface area contributed by atoms with Crippen molar-refractivity contribution in [1.29, 1.82) is 0 Å². The lowest BCUT2D eigenvalue weighted by molar-refractivity contribution is -0.122.